The molecule has 1 aromatic rings. The van der Waals surface area contributed by atoms with Gasteiger partial charge in [-0.2, -0.15) is 0 Å². The van der Waals surface area contributed by atoms with Crippen molar-refractivity contribution in [1.82, 2.24) is 5.32 Å². The predicted octanol–water partition coefficient (Wildman–Crippen LogP) is 1.04. The Bertz CT molecular complexity index is 599. The number of carbonyl (C=O) groups is 1. The summed E-state index contributed by atoms with van der Waals surface area (Å²) in [6.45, 7) is 0. The van der Waals surface area contributed by atoms with Gasteiger partial charge in [0.05, 0.1) is 23.6 Å². The number of hydrogen-bond donors (Lipinski definition) is 1. The SMILES string of the molecule is O=C1N[C@@H]2CS(=O)(=O)C[C@@H]2N1c1ccc(Cl)cc1. The highest BCUT2D eigenvalue weighted by molar-refractivity contribution is 7.91. The molecule has 2 amide bonds. The van der Waals surface area contributed by atoms with Crippen molar-refractivity contribution in [2.45, 2.75) is 12.1 Å². The van der Waals surface area contributed by atoms with Crippen LogP contribution in [0.15, 0.2) is 24.3 Å². The van der Waals surface area contributed by atoms with Crippen LogP contribution in [0.4, 0.5) is 10.5 Å². The predicted molar refractivity (Wildman–Crippen MR) is 68.7 cm³/mol. The van der Waals surface area contributed by atoms with Gasteiger partial charge in [0, 0.05) is 10.7 Å². The second-order valence-corrected chi connectivity index (χ2v) is 7.14. The van der Waals surface area contributed by atoms with E-state index in [1.54, 1.807) is 24.3 Å². The number of nitrogens with one attached hydrogen (secondary N) is 1. The first kappa shape index (κ1) is 11.8. The van der Waals surface area contributed by atoms with Crippen LogP contribution in [0.3, 0.4) is 0 Å². The van der Waals surface area contributed by atoms with Crippen LogP contribution >= 0.6 is 11.6 Å². The van der Waals surface area contributed by atoms with Gasteiger partial charge >= 0.3 is 6.03 Å². The summed E-state index contributed by atoms with van der Waals surface area (Å²) < 4.78 is 23.2. The maximum atomic E-state index is 11.9. The largest absolute Gasteiger partial charge is 0.332 e. The van der Waals surface area contributed by atoms with E-state index < -0.39 is 9.84 Å². The highest BCUT2D eigenvalue weighted by Crippen LogP contribution is 2.30. The van der Waals surface area contributed by atoms with Gasteiger partial charge in [0.1, 0.15) is 0 Å². The van der Waals surface area contributed by atoms with Crippen molar-refractivity contribution in [1.29, 1.82) is 0 Å². The van der Waals surface area contributed by atoms with Crippen molar-refractivity contribution in [3.63, 3.8) is 0 Å². The van der Waals surface area contributed by atoms with Crippen molar-refractivity contribution >= 4 is 33.2 Å². The Balaban J connectivity index is 1.96. The standard InChI is InChI=1S/C11H11ClN2O3S/c12-7-1-3-8(4-2-7)14-10-6-18(16,17)5-9(10)13-11(14)15/h1-4,9-10H,5-6H2,(H,13,15)/t9-,10+/m1/s1. The van der Waals surface area contributed by atoms with Crippen LogP contribution in [0.5, 0.6) is 0 Å². The number of benzene rings is 1. The summed E-state index contributed by atoms with van der Waals surface area (Å²) in [4.78, 5) is 13.4. The molecule has 2 aliphatic heterocycles. The molecule has 0 unspecified atom stereocenters. The molecule has 0 radical (unpaired) electrons. The molecule has 0 saturated carbocycles. The molecule has 0 spiro atoms. The van der Waals surface area contributed by atoms with Crippen LogP contribution in [0.1, 0.15) is 0 Å². The average molecular weight is 287 g/mol. The fraction of sp³-hybridized carbons (Fsp3) is 0.364. The number of sulfone groups is 1. The van der Waals surface area contributed by atoms with Crippen LogP contribution in [-0.2, 0) is 9.84 Å². The van der Waals surface area contributed by atoms with Gasteiger partial charge in [-0.25, -0.2) is 13.2 Å². The normalized spacial score (nSPS) is 29.2. The molecule has 1 N–H and O–H groups in total. The van der Waals surface area contributed by atoms with Crippen molar-refractivity contribution < 1.29 is 13.2 Å². The molecular weight excluding hydrogens is 276 g/mol. The Kier molecular flexibility index (Phi) is 2.53. The molecule has 0 aromatic heterocycles. The van der Waals surface area contributed by atoms with Gasteiger partial charge in [-0.3, -0.25) is 4.90 Å². The minimum absolute atomic E-state index is 0.0129. The van der Waals surface area contributed by atoms with E-state index in [-0.39, 0.29) is 29.6 Å². The molecule has 0 bridgehead atoms. The highest BCUT2D eigenvalue weighted by atomic mass is 35.5. The zero-order valence-corrected chi connectivity index (χ0v) is 10.9. The molecule has 2 heterocycles. The van der Waals surface area contributed by atoms with Gasteiger partial charge in [-0.1, -0.05) is 11.6 Å². The first-order chi connectivity index (χ1) is 8.46. The summed E-state index contributed by atoms with van der Waals surface area (Å²) in [7, 11) is -3.06. The van der Waals surface area contributed by atoms with E-state index in [4.69, 9.17) is 11.6 Å². The van der Waals surface area contributed by atoms with Crippen LogP contribution < -0.4 is 10.2 Å². The number of anilines is 1. The Morgan fingerprint density at radius 3 is 2.56 bits per heavy atom. The Labute approximate surface area is 110 Å². The van der Waals surface area contributed by atoms with Crippen LogP contribution in [0, 0.1) is 0 Å². The first-order valence-electron chi connectivity index (χ1n) is 5.52. The monoisotopic (exact) mass is 286 g/mol. The van der Waals surface area contributed by atoms with E-state index in [0.717, 1.165) is 0 Å². The first-order valence-corrected chi connectivity index (χ1v) is 7.72. The molecule has 2 saturated heterocycles. The summed E-state index contributed by atoms with van der Waals surface area (Å²) in [5.41, 5.74) is 0.668. The third kappa shape index (κ3) is 1.85. The maximum absolute atomic E-state index is 11.9. The fourth-order valence-electron chi connectivity index (χ4n) is 2.51. The molecule has 18 heavy (non-hydrogen) atoms. The van der Waals surface area contributed by atoms with E-state index in [9.17, 15) is 13.2 Å². The fourth-order valence-corrected chi connectivity index (χ4v) is 4.53. The average Bonchev–Trinajstić information content (AvgIpc) is 2.70. The molecule has 2 atom stereocenters. The van der Waals surface area contributed by atoms with Crippen LogP contribution in [0.2, 0.25) is 5.02 Å². The number of urea groups is 1. The number of nitrogens with zero attached hydrogens (tertiary/aromatic N) is 1. The van der Waals surface area contributed by atoms with Crippen LogP contribution in [-0.4, -0.2) is 38.0 Å². The molecule has 7 heteroatoms. The lowest BCUT2D eigenvalue weighted by Gasteiger charge is -2.21. The summed E-state index contributed by atoms with van der Waals surface area (Å²) in [6.07, 6.45) is 0. The molecule has 2 fully saturated rings. The van der Waals surface area contributed by atoms with Gasteiger partial charge in [0.2, 0.25) is 0 Å². The zero-order chi connectivity index (χ0) is 12.9. The number of hydrogen-bond acceptors (Lipinski definition) is 3. The quantitative estimate of drug-likeness (QED) is 0.784. The van der Waals surface area contributed by atoms with E-state index in [1.807, 2.05) is 0 Å². The lowest BCUT2D eigenvalue weighted by Crippen LogP contribution is -2.36. The van der Waals surface area contributed by atoms with Gasteiger partial charge < -0.3 is 5.32 Å². The molecule has 2 aliphatic rings. The second kappa shape index (κ2) is 3.86. The van der Waals surface area contributed by atoms with Crippen molar-refractivity contribution in [3.8, 4) is 0 Å². The highest BCUT2D eigenvalue weighted by Gasteiger charge is 2.49. The summed E-state index contributed by atoms with van der Waals surface area (Å²) in [5.74, 6) is 0.0343. The Hall–Kier alpha value is -1.27. The molecule has 3 rings (SSSR count). The van der Waals surface area contributed by atoms with Gasteiger partial charge in [-0.15, -0.1) is 0 Å². The zero-order valence-electron chi connectivity index (χ0n) is 9.34. The number of carbonyl (C=O) groups excluding carboxylic acids is 1. The smallest absolute Gasteiger partial charge is 0.322 e. The van der Waals surface area contributed by atoms with E-state index >= 15 is 0 Å². The van der Waals surface area contributed by atoms with E-state index in [0.29, 0.717) is 10.7 Å². The topological polar surface area (TPSA) is 66.5 Å². The second-order valence-electron chi connectivity index (χ2n) is 4.55. The lowest BCUT2D eigenvalue weighted by molar-refractivity contribution is 0.251. The summed E-state index contributed by atoms with van der Waals surface area (Å²) >= 11 is 5.80. The van der Waals surface area contributed by atoms with Gasteiger partial charge in [0.25, 0.3) is 0 Å². The Morgan fingerprint density at radius 2 is 1.89 bits per heavy atom. The summed E-state index contributed by atoms with van der Waals surface area (Å²) in [5, 5.41) is 3.29. The molecule has 96 valence electrons. The number of halogens is 1. The van der Waals surface area contributed by atoms with Gasteiger partial charge in [0.15, 0.2) is 9.84 Å². The molecular formula is C11H11ClN2O3S. The number of fused-ring (bicyclic) bond motifs is 1. The minimum Gasteiger partial charge on any atom is -0.332 e. The molecule has 0 aliphatic carbocycles. The maximum Gasteiger partial charge on any atom is 0.322 e. The van der Waals surface area contributed by atoms with Crippen molar-refractivity contribution in [3.05, 3.63) is 29.3 Å². The Morgan fingerprint density at radius 1 is 1.22 bits per heavy atom. The third-order valence-corrected chi connectivity index (χ3v) is 5.26. The lowest BCUT2D eigenvalue weighted by atomic mass is 10.1. The third-order valence-electron chi connectivity index (χ3n) is 3.29. The minimum atomic E-state index is -3.06. The number of amides is 2. The van der Waals surface area contributed by atoms with Gasteiger partial charge in [-0.05, 0) is 24.3 Å². The van der Waals surface area contributed by atoms with E-state index in [1.165, 1.54) is 4.90 Å². The molecule has 1 aromatic carbocycles. The van der Waals surface area contributed by atoms with Crippen molar-refractivity contribution in [2.24, 2.45) is 0 Å². The summed E-state index contributed by atoms with van der Waals surface area (Å²) in [6, 6.07) is 5.93. The molecule has 5 nitrogen and oxygen atoms in total. The van der Waals surface area contributed by atoms with Crippen molar-refractivity contribution in [2.75, 3.05) is 16.4 Å². The van der Waals surface area contributed by atoms with Crippen LogP contribution in [0.25, 0.3) is 0 Å². The van der Waals surface area contributed by atoms with E-state index in [2.05, 4.69) is 5.32 Å². The number of rotatable bonds is 1.